The fourth-order valence-electron chi connectivity index (χ4n) is 4.36. The molecule has 27 heavy (non-hydrogen) atoms. The number of hydrogen-bond donors (Lipinski definition) is 2. The Bertz CT molecular complexity index is 1120. The minimum Gasteiger partial charge on any atom is -0.317 e. The average molecular weight is 360 g/mol. The Morgan fingerprint density at radius 3 is 2.81 bits per heavy atom. The van der Waals surface area contributed by atoms with E-state index >= 15 is 0 Å². The van der Waals surface area contributed by atoms with E-state index in [2.05, 4.69) is 58.7 Å². The molecule has 0 spiro atoms. The molecule has 1 aromatic carbocycles. The number of nitrogens with zero attached hydrogens (tertiary/aromatic N) is 4. The molecule has 1 aliphatic heterocycles. The van der Waals surface area contributed by atoms with Gasteiger partial charge in [-0.25, -0.2) is 9.50 Å². The molecule has 0 bridgehead atoms. The van der Waals surface area contributed by atoms with Gasteiger partial charge in [0.1, 0.15) is 6.33 Å². The highest BCUT2D eigenvalue weighted by atomic mass is 15.3. The number of piperidine rings is 1. The normalized spacial score (nSPS) is 15.8. The molecule has 0 saturated carbocycles. The van der Waals surface area contributed by atoms with Crippen LogP contribution < -0.4 is 5.32 Å². The van der Waals surface area contributed by atoms with Crippen LogP contribution in [0.15, 0.2) is 30.7 Å². The summed E-state index contributed by atoms with van der Waals surface area (Å²) < 4.78 is 1.86. The van der Waals surface area contributed by atoms with E-state index < -0.39 is 0 Å². The molecule has 138 valence electrons. The van der Waals surface area contributed by atoms with Gasteiger partial charge in [0.25, 0.3) is 0 Å². The highest BCUT2D eigenvalue weighted by Crippen LogP contribution is 2.35. The van der Waals surface area contributed by atoms with E-state index in [1.807, 2.05) is 4.52 Å². The van der Waals surface area contributed by atoms with Crippen molar-refractivity contribution in [2.45, 2.75) is 39.0 Å². The first-order chi connectivity index (χ1) is 13.2. The van der Waals surface area contributed by atoms with Crippen molar-refractivity contribution in [2.24, 2.45) is 0 Å². The highest BCUT2D eigenvalue weighted by molar-refractivity contribution is 5.90. The zero-order valence-electron chi connectivity index (χ0n) is 15.8. The van der Waals surface area contributed by atoms with E-state index in [1.165, 1.54) is 22.2 Å². The summed E-state index contributed by atoms with van der Waals surface area (Å²) in [6.45, 7) is 6.47. The van der Waals surface area contributed by atoms with Gasteiger partial charge in [-0.05, 0) is 68.1 Å². The lowest BCUT2D eigenvalue weighted by Gasteiger charge is -2.21. The number of benzene rings is 1. The van der Waals surface area contributed by atoms with Crippen LogP contribution in [0.1, 0.15) is 42.5 Å². The number of nitrogens with one attached hydrogen (secondary N) is 2. The topological polar surface area (TPSA) is 70.9 Å². The van der Waals surface area contributed by atoms with Gasteiger partial charge in [0, 0.05) is 23.1 Å². The van der Waals surface area contributed by atoms with Crippen LogP contribution in [0.3, 0.4) is 0 Å². The van der Waals surface area contributed by atoms with Crippen molar-refractivity contribution in [3.8, 4) is 11.1 Å². The minimum absolute atomic E-state index is 0.546. The lowest BCUT2D eigenvalue weighted by atomic mass is 9.89. The first kappa shape index (κ1) is 16.4. The Kier molecular flexibility index (Phi) is 3.93. The second-order valence-corrected chi connectivity index (χ2v) is 7.48. The third-order valence-electron chi connectivity index (χ3n) is 5.77. The maximum Gasteiger partial charge on any atom is 0.158 e. The Balaban J connectivity index is 1.65. The van der Waals surface area contributed by atoms with E-state index in [-0.39, 0.29) is 0 Å². The Morgan fingerprint density at radius 2 is 2.00 bits per heavy atom. The number of pyridine rings is 1. The number of fused-ring (bicyclic) bond motifs is 2. The Morgan fingerprint density at radius 1 is 1.15 bits per heavy atom. The van der Waals surface area contributed by atoms with Crippen molar-refractivity contribution in [2.75, 3.05) is 13.1 Å². The van der Waals surface area contributed by atoms with Gasteiger partial charge in [0.15, 0.2) is 5.65 Å². The van der Waals surface area contributed by atoms with E-state index in [9.17, 15) is 0 Å². The SMILES string of the molecule is CCc1cc(-c2cc(C)c3ncnn3c2)cc2[nH]nc(C3CCNCC3)c12. The standard InChI is InChI=1S/C21H24N6/c1-3-14-9-16(17-8-13(2)21-23-12-24-27(21)11-17)10-18-19(14)20(26-25-18)15-4-6-22-7-5-15/h8-12,15,22H,3-7H2,1-2H3,(H,25,26). The van der Waals surface area contributed by atoms with Crippen LogP contribution in [-0.4, -0.2) is 37.9 Å². The zero-order chi connectivity index (χ0) is 18.4. The summed E-state index contributed by atoms with van der Waals surface area (Å²) in [5.41, 5.74) is 8.13. The second-order valence-electron chi connectivity index (χ2n) is 7.48. The summed E-state index contributed by atoms with van der Waals surface area (Å²) in [7, 11) is 0. The van der Waals surface area contributed by atoms with E-state index in [0.29, 0.717) is 5.92 Å². The third kappa shape index (κ3) is 2.72. The van der Waals surface area contributed by atoms with Gasteiger partial charge in [0.05, 0.1) is 11.2 Å². The Hall–Kier alpha value is -2.73. The quantitative estimate of drug-likeness (QED) is 0.585. The molecule has 4 aromatic rings. The molecule has 1 aliphatic rings. The largest absolute Gasteiger partial charge is 0.317 e. The molecule has 0 unspecified atom stereocenters. The maximum atomic E-state index is 4.74. The third-order valence-corrected chi connectivity index (χ3v) is 5.77. The molecule has 0 atom stereocenters. The summed E-state index contributed by atoms with van der Waals surface area (Å²) in [4.78, 5) is 4.32. The molecule has 1 fully saturated rings. The molecule has 0 aliphatic carbocycles. The lowest BCUT2D eigenvalue weighted by molar-refractivity contribution is 0.454. The molecule has 0 amide bonds. The van der Waals surface area contributed by atoms with Crippen LogP contribution in [0.4, 0.5) is 0 Å². The number of aromatic amines is 1. The van der Waals surface area contributed by atoms with Gasteiger partial charge in [0.2, 0.25) is 0 Å². The Labute approximate surface area is 158 Å². The fraction of sp³-hybridized carbons (Fsp3) is 0.381. The molecule has 0 radical (unpaired) electrons. The van der Waals surface area contributed by atoms with Gasteiger partial charge in [-0.2, -0.15) is 10.2 Å². The van der Waals surface area contributed by atoms with Crippen molar-refractivity contribution in [1.29, 1.82) is 0 Å². The van der Waals surface area contributed by atoms with Crippen molar-refractivity contribution >= 4 is 16.6 Å². The summed E-state index contributed by atoms with van der Waals surface area (Å²) in [5.74, 6) is 0.546. The molecule has 1 saturated heterocycles. The molecule has 2 N–H and O–H groups in total. The molecule has 3 aromatic heterocycles. The second kappa shape index (κ2) is 6.46. The molecule has 5 rings (SSSR count). The highest BCUT2D eigenvalue weighted by Gasteiger charge is 2.22. The molecule has 4 heterocycles. The summed E-state index contributed by atoms with van der Waals surface area (Å²) in [6, 6.07) is 6.73. The molecule has 6 nitrogen and oxygen atoms in total. The van der Waals surface area contributed by atoms with Crippen LogP contribution in [0.2, 0.25) is 0 Å². The van der Waals surface area contributed by atoms with Crippen LogP contribution >= 0.6 is 0 Å². The van der Waals surface area contributed by atoms with Crippen LogP contribution in [0.25, 0.3) is 27.7 Å². The zero-order valence-corrected chi connectivity index (χ0v) is 15.8. The van der Waals surface area contributed by atoms with Crippen molar-refractivity contribution in [3.63, 3.8) is 0 Å². The average Bonchev–Trinajstić information content (AvgIpc) is 3.35. The minimum atomic E-state index is 0.546. The van der Waals surface area contributed by atoms with Gasteiger partial charge in [-0.1, -0.05) is 13.0 Å². The van der Waals surface area contributed by atoms with Crippen LogP contribution in [0.5, 0.6) is 0 Å². The van der Waals surface area contributed by atoms with Gasteiger partial charge in [-0.15, -0.1) is 0 Å². The predicted octanol–water partition coefficient (Wildman–Crippen LogP) is 3.61. The molecule has 6 heteroatoms. The predicted molar refractivity (Wildman–Crippen MR) is 107 cm³/mol. The summed E-state index contributed by atoms with van der Waals surface area (Å²) in [6.07, 6.45) is 6.97. The number of hydrogen-bond acceptors (Lipinski definition) is 4. The first-order valence-electron chi connectivity index (χ1n) is 9.76. The number of H-pyrrole nitrogens is 1. The summed E-state index contributed by atoms with van der Waals surface area (Å²) in [5, 5.41) is 17.1. The molecular formula is C21H24N6. The maximum absolute atomic E-state index is 4.74. The smallest absolute Gasteiger partial charge is 0.158 e. The molecular weight excluding hydrogens is 336 g/mol. The number of rotatable bonds is 3. The van der Waals surface area contributed by atoms with Crippen LogP contribution in [-0.2, 0) is 6.42 Å². The van der Waals surface area contributed by atoms with Crippen molar-refractivity contribution in [1.82, 2.24) is 30.1 Å². The first-order valence-corrected chi connectivity index (χ1v) is 9.76. The van der Waals surface area contributed by atoms with E-state index in [1.54, 1.807) is 6.33 Å². The van der Waals surface area contributed by atoms with Crippen molar-refractivity contribution in [3.05, 3.63) is 47.5 Å². The van der Waals surface area contributed by atoms with Gasteiger partial charge >= 0.3 is 0 Å². The van der Waals surface area contributed by atoms with Gasteiger partial charge < -0.3 is 5.32 Å². The number of aryl methyl sites for hydroxylation is 2. The number of aromatic nitrogens is 5. The monoisotopic (exact) mass is 360 g/mol. The fourth-order valence-corrected chi connectivity index (χ4v) is 4.36. The van der Waals surface area contributed by atoms with E-state index in [4.69, 9.17) is 5.10 Å². The van der Waals surface area contributed by atoms with E-state index in [0.717, 1.165) is 54.6 Å². The van der Waals surface area contributed by atoms with Gasteiger partial charge in [-0.3, -0.25) is 5.10 Å². The summed E-state index contributed by atoms with van der Waals surface area (Å²) >= 11 is 0. The van der Waals surface area contributed by atoms with Crippen molar-refractivity contribution < 1.29 is 0 Å². The lowest BCUT2D eigenvalue weighted by Crippen LogP contribution is -2.26. The van der Waals surface area contributed by atoms with Crippen LogP contribution in [0, 0.1) is 6.92 Å².